The molecule has 0 radical (unpaired) electrons. The average molecular weight is 241 g/mol. The quantitative estimate of drug-likeness (QED) is 0.693. The van der Waals surface area contributed by atoms with E-state index in [4.69, 9.17) is 0 Å². The molecule has 3 nitrogen and oxygen atoms in total. The van der Waals surface area contributed by atoms with Gasteiger partial charge in [-0.1, -0.05) is 0 Å². The summed E-state index contributed by atoms with van der Waals surface area (Å²) < 4.78 is 0.967. The molecule has 2 rings (SSSR count). The number of rotatable bonds is 0. The van der Waals surface area contributed by atoms with Crippen LogP contribution in [0.3, 0.4) is 0 Å². The Kier molecular flexibility index (Phi) is 2.07. The summed E-state index contributed by atoms with van der Waals surface area (Å²) >= 11 is 3.36. The van der Waals surface area contributed by atoms with Crippen molar-refractivity contribution in [2.24, 2.45) is 0 Å². The highest BCUT2D eigenvalue weighted by Crippen LogP contribution is 2.26. The van der Waals surface area contributed by atoms with Crippen LogP contribution in [0.1, 0.15) is 12.0 Å². The first-order valence-corrected chi connectivity index (χ1v) is 4.89. The van der Waals surface area contributed by atoms with E-state index >= 15 is 0 Å². The molecular formula is C9H9BrN2O. The van der Waals surface area contributed by atoms with Crippen molar-refractivity contribution in [1.82, 2.24) is 4.98 Å². The smallest absolute Gasteiger partial charge is 0.228 e. The molecule has 1 aromatic rings. The van der Waals surface area contributed by atoms with Crippen LogP contribution >= 0.6 is 15.9 Å². The van der Waals surface area contributed by atoms with Crippen LogP contribution in [0.5, 0.6) is 0 Å². The minimum atomic E-state index is 0.141. The molecule has 0 aliphatic carbocycles. The zero-order valence-corrected chi connectivity index (χ0v) is 8.84. The van der Waals surface area contributed by atoms with Crippen LogP contribution in [0.15, 0.2) is 16.7 Å². The first kappa shape index (κ1) is 8.69. The van der Waals surface area contributed by atoms with Crippen molar-refractivity contribution in [2.75, 3.05) is 11.9 Å². The Morgan fingerprint density at radius 2 is 2.31 bits per heavy atom. The van der Waals surface area contributed by atoms with Gasteiger partial charge in [0.1, 0.15) is 5.82 Å². The van der Waals surface area contributed by atoms with Gasteiger partial charge in [0.05, 0.1) is 0 Å². The third-order valence-corrected chi connectivity index (χ3v) is 2.64. The Morgan fingerprint density at radius 1 is 1.54 bits per heavy atom. The fourth-order valence-corrected chi connectivity index (χ4v) is 1.87. The van der Waals surface area contributed by atoms with Crippen LogP contribution in [0, 0.1) is 0 Å². The van der Waals surface area contributed by atoms with Crippen molar-refractivity contribution in [3.8, 4) is 0 Å². The van der Waals surface area contributed by atoms with Crippen molar-refractivity contribution in [1.29, 1.82) is 0 Å². The first-order valence-electron chi connectivity index (χ1n) is 4.09. The second-order valence-electron chi connectivity index (χ2n) is 3.09. The lowest BCUT2D eigenvalue weighted by Crippen LogP contribution is -2.31. The predicted molar refractivity (Wildman–Crippen MR) is 53.7 cm³/mol. The number of anilines is 1. The maximum absolute atomic E-state index is 11.3. The lowest BCUT2D eigenvalue weighted by atomic mass is 10.1. The van der Waals surface area contributed by atoms with E-state index in [1.807, 2.05) is 6.07 Å². The molecule has 4 heteroatoms. The molecule has 1 amide bonds. The Labute approximate surface area is 84.9 Å². The van der Waals surface area contributed by atoms with Gasteiger partial charge in [0.15, 0.2) is 0 Å². The molecule has 0 N–H and O–H groups in total. The number of hydrogen-bond acceptors (Lipinski definition) is 2. The Hall–Kier alpha value is -0.900. The van der Waals surface area contributed by atoms with Crippen molar-refractivity contribution in [2.45, 2.75) is 12.8 Å². The summed E-state index contributed by atoms with van der Waals surface area (Å²) in [4.78, 5) is 17.1. The van der Waals surface area contributed by atoms with Crippen LogP contribution in [0.25, 0.3) is 0 Å². The molecule has 0 fully saturated rings. The number of carbonyl (C=O) groups is 1. The average Bonchev–Trinajstić information content (AvgIpc) is 2.12. The predicted octanol–water partition coefficient (Wildman–Crippen LogP) is 1.75. The third-order valence-electron chi connectivity index (χ3n) is 2.21. The van der Waals surface area contributed by atoms with Gasteiger partial charge >= 0.3 is 0 Å². The first-order chi connectivity index (χ1) is 6.18. The molecule has 0 saturated heterocycles. The molecule has 1 aliphatic heterocycles. The summed E-state index contributed by atoms with van der Waals surface area (Å²) in [5.41, 5.74) is 1.14. The number of aryl methyl sites for hydroxylation is 1. The molecule has 0 unspecified atom stereocenters. The van der Waals surface area contributed by atoms with Gasteiger partial charge in [0, 0.05) is 24.1 Å². The molecule has 0 saturated carbocycles. The van der Waals surface area contributed by atoms with E-state index in [1.54, 1.807) is 18.1 Å². The maximum atomic E-state index is 11.3. The molecular weight excluding hydrogens is 232 g/mol. The Bertz CT molecular complexity index is 365. The van der Waals surface area contributed by atoms with Crippen molar-refractivity contribution >= 4 is 27.7 Å². The SMILES string of the molecule is CN1C(=O)CCc2cc(Br)cnc21. The van der Waals surface area contributed by atoms with Gasteiger partial charge in [0.25, 0.3) is 0 Å². The van der Waals surface area contributed by atoms with Crippen molar-refractivity contribution in [3.05, 3.63) is 22.3 Å². The Balaban J connectivity index is 2.49. The second kappa shape index (κ2) is 3.10. The molecule has 1 aromatic heterocycles. The molecule has 2 heterocycles. The highest BCUT2D eigenvalue weighted by Gasteiger charge is 2.21. The molecule has 0 bridgehead atoms. The van der Waals surface area contributed by atoms with E-state index in [1.165, 1.54) is 0 Å². The summed E-state index contributed by atoms with van der Waals surface area (Å²) in [6, 6.07) is 2.02. The number of pyridine rings is 1. The van der Waals surface area contributed by atoms with Gasteiger partial charge in [-0.15, -0.1) is 0 Å². The van der Waals surface area contributed by atoms with Gasteiger partial charge in [0.2, 0.25) is 5.91 Å². The molecule has 0 atom stereocenters. The summed E-state index contributed by atoms with van der Waals surface area (Å²) in [5, 5.41) is 0. The number of fused-ring (bicyclic) bond motifs is 1. The van der Waals surface area contributed by atoms with Crippen LogP contribution in [-0.2, 0) is 11.2 Å². The molecule has 1 aliphatic rings. The largest absolute Gasteiger partial charge is 0.300 e. The van der Waals surface area contributed by atoms with E-state index in [-0.39, 0.29) is 5.91 Å². The fraction of sp³-hybridized carbons (Fsp3) is 0.333. The molecule has 0 aromatic carbocycles. The van der Waals surface area contributed by atoms with Crippen LogP contribution in [-0.4, -0.2) is 17.9 Å². The number of nitrogens with zero attached hydrogens (tertiary/aromatic N) is 2. The topological polar surface area (TPSA) is 33.2 Å². The zero-order chi connectivity index (χ0) is 9.42. The molecule has 13 heavy (non-hydrogen) atoms. The zero-order valence-electron chi connectivity index (χ0n) is 7.25. The summed E-state index contributed by atoms with van der Waals surface area (Å²) in [6.45, 7) is 0. The minimum Gasteiger partial charge on any atom is -0.300 e. The number of halogens is 1. The lowest BCUT2D eigenvalue weighted by Gasteiger charge is -2.24. The normalized spacial score (nSPS) is 15.8. The summed E-state index contributed by atoms with van der Waals surface area (Å²) in [7, 11) is 1.77. The van der Waals surface area contributed by atoms with Gasteiger partial charge in [-0.3, -0.25) is 9.69 Å². The van der Waals surface area contributed by atoms with E-state index in [0.717, 1.165) is 22.3 Å². The summed E-state index contributed by atoms with van der Waals surface area (Å²) in [5.74, 6) is 0.932. The third kappa shape index (κ3) is 1.46. The van der Waals surface area contributed by atoms with Gasteiger partial charge in [-0.25, -0.2) is 4.98 Å². The van der Waals surface area contributed by atoms with Crippen LogP contribution in [0.4, 0.5) is 5.82 Å². The van der Waals surface area contributed by atoms with Gasteiger partial charge in [-0.2, -0.15) is 0 Å². The number of amides is 1. The van der Waals surface area contributed by atoms with Gasteiger partial charge in [-0.05, 0) is 34.0 Å². The standard InChI is InChI=1S/C9H9BrN2O/c1-12-8(13)3-2-6-4-7(10)5-11-9(6)12/h4-5H,2-3H2,1H3. The second-order valence-corrected chi connectivity index (χ2v) is 4.00. The van der Waals surface area contributed by atoms with Crippen molar-refractivity contribution < 1.29 is 4.79 Å². The molecule has 68 valence electrons. The minimum absolute atomic E-state index is 0.141. The van der Waals surface area contributed by atoms with E-state index in [0.29, 0.717) is 6.42 Å². The van der Waals surface area contributed by atoms with E-state index in [9.17, 15) is 4.79 Å². The highest BCUT2D eigenvalue weighted by molar-refractivity contribution is 9.10. The van der Waals surface area contributed by atoms with Crippen molar-refractivity contribution in [3.63, 3.8) is 0 Å². The van der Waals surface area contributed by atoms with Gasteiger partial charge < -0.3 is 0 Å². The highest BCUT2D eigenvalue weighted by atomic mass is 79.9. The monoisotopic (exact) mass is 240 g/mol. The summed E-state index contributed by atoms with van der Waals surface area (Å²) in [6.07, 6.45) is 3.10. The maximum Gasteiger partial charge on any atom is 0.228 e. The van der Waals surface area contributed by atoms with Crippen LogP contribution < -0.4 is 4.90 Å². The molecule has 0 spiro atoms. The van der Waals surface area contributed by atoms with E-state index < -0.39 is 0 Å². The van der Waals surface area contributed by atoms with Crippen LogP contribution in [0.2, 0.25) is 0 Å². The lowest BCUT2D eigenvalue weighted by molar-refractivity contribution is -0.118. The fourth-order valence-electron chi connectivity index (χ4n) is 1.49. The number of hydrogen-bond donors (Lipinski definition) is 0. The number of aromatic nitrogens is 1. The number of carbonyl (C=O) groups excluding carboxylic acids is 1. The Morgan fingerprint density at radius 3 is 3.08 bits per heavy atom. The van der Waals surface area contributed by atoms with E-state index in [2.05, 4.69) is 20.9 Å².